The van der Waals surface area contributed by atoms with E-state index < -0.39 is 0 Å². The number of carbonyl (C=O) groups is 1. The van der Waals surface area contributed by atoms with Crippen LogP contribution in [0.1, 0.15) is 4.88 Å². The van der Waals surface area contributed by atoms with Crippen LogP contribution in [0, 0.1) is 0 Å². The van der Waals surface area contributed by atoms with Crippen molar-refractivity contribution >= 4 is 28.7 Å². The Kier molecular flexibility index (Phi) is 4.20. The van der Waals surface area contributed by atoms with Crippen molar-refractivity contribution in [2.45, 2.75) is 6.42 Å². The lowest BCUT2D eigenvalue weighted by Gasteiger charge is -2.07. The van der Waals surface area contributed by atoms with E-state index in [-0.39, 0.29) is 6.03 Å². The van der Waals surface area contributed by atoms with Crippen molar-refractivity contribution in [3.8, 4) is 0 Å². The first-order chi connectivity index (χ1) is 8.74. The molecule has 0 aliphatic carbocycles. The summed E-state index contributed by atoms with van der Waals surface area (Å²) in [5.74, 6) is 0. The number of carbonyl (C=O) groups excluding carboxylic acids is 1. The smallest absolute Gasteiger partial charge is 0.319 e. The van der Waals surface area contributed by atoms with E-state index in [1.54, 1.807) is 35.6 Å². The maximum Gasteiger partial charge on any atom is 0.319 e. The second-order valence-corrected chi connectivity index (χ2v) is 4.86. The topological polar surface area (TPSA) is 67.1 Å². The fourth-order valence-electron chi connectivity index (χ4n) is 1.50. The standard InChI is InChI=1S/C13H15N3OS/c14-10-3-5-11(6-4-10)16-13(17)15-8-7-12-2-1-9-18-12/h1-6,9H,7-8,14H2,(H2,15,16,17). The predicted molar refractivity (Wildman–Crippen MR) is 75.9 cm³/mol. The molecule has 2 amide bonds. The molecular weight excluding hydrogens is 246 g/mol. The van der Waals surface area contributed by atoms with Crippen molar-refractivity contribution in [3.05, 3.63) is 46.7 Å². The van der Waals surface area contributed by atoms with E-state index in [4.69, 9.17) is 5.73 Å². The summed E-state index contributed by atoms with van der Waals surface area (Å²) in [5.41, 5.74) is 6.98. The molecule has 1 heterocycles. The van der Waals surface area contributed by atoms with Gasteiger partial charge >= 0.3 is 6.03 Å². The van der Waals surface area contributed by atoms with Crippen molar-refractivity contribution in [1.82, 2.24) is 5.32 Å². The quantitative estimate of drug-likeness (QED) is 0.741. The number of nitrogens with one attached hydrogen (secondary N) is 2. The normalized spacial score (nSPS) is 10.0. The zero-order valence-electron chi connectivity index (χ0n) is 9.85. The summed E-state index contributed by atoms with van der Waals surface area (Å²) in [4.78, 5) is 12.8. The van der Waals surface area contributed by atoms with Crippen LogP contribution in [0.5, 0.6) is 0 Å². The number of amides is 2. The van der Waals surface area contributed by atoms with Gasteiger partial charge < -0.3 is 16.4 Å². The van der Waals surface area contributed by atoms with Gasteiger partial charge in [0, 0.05) is 22.8 Å². The van der Waals surface area contributed by atoms with Crippen LogP contribution < -0.4 is 16.4 Å². The Labute approximate surface area is 110 Å². The highest BCUT2D eigenvalue weighted by atomic mass is 32.1. The minimum atomic E-state index is -0.198. The number of hydrogen-bond acceptors (Lipinski definition) is 3. The molecular formula is C13H15N3OS. The molecule has 1 aromatic heterocycles. The predicted octanol–water partition coefficient (Wildman–Crippen LogP) is 2.69. The minimum Gasteiger partial charge on any atom is -0.399 e. The number of thiophene rings is 1. The minimum absolute atomic E-state index is 0.198. The van der Waals surface area contributed by atoms with Crippen LogP contribution in [0.2, 0.25) is 0 Å². The van der Waals surface area contributed by atoms with E-state index in [2.05, 4.69) is 16.7 Å². The molecule has 1 aromatic carbocycles. The Balaban J connectivity index is 1.73. The number of nitrogens with two attached hydrogens (primary N) is 1. The van der Waals surface area contributed by atoms with Gasteiger partial charge in [-0.3, -0.25) is 0 Å². The third kappa shape index (κ3) is 3.78. The Morgan fingerprint density at radius 3 is 2.67 bits per heavy atom. The van der Waals surface area contributed by atoms with Gasteiger partial charge in [-0.15, -0.1) is 11.3 Å². The van der Waals surface area contributed by atoms with Crippen molar-refractivity contribution in [2.75, 3.05) is 17.6 Å². The van der Waals surface area contributed by atoms with Crippen molar-refractivity contribution in [1.29, 1.82) is 0 Å². The number of nitrogen functional groups attached to an aromatic ring is 1. The zero-order chi connectivity index (χ0) is 12.8. The summed E-state index contributed by atoms with van der Waals surface area (Å²) in [6.45, 7) is 0.626. The zero-order valence-corrected chi connectivity index (χ0v) is 10.7. The molecule has 2 rings (SSSR count). The molecule has 0 aliphatic heterocycles. The van der Waals surface area contributed by atoms with Gasteiger partial charge in [0.05, 0.1) is 0 Å². The molecule has 0 spiro atoms. The summed E-state index contributed by atoms with van der Waals surface area (Å²) in [5, 5.41) is 7.59. The van der Waals surface area contributed by atoms with E-state index in [1.165, 1.54) is 4.88 Å². The van der Waals surface area contributed by atoms with Crippen LogP contribution in [-0.4, -0.2) is 12.6 Å². The number of benzene rings is 1. The average molecular weight is 261 g/mol. The summed E-state index contributed by atoms with van der Waals surface area (Å²) in [7, 11) is 0. The van der Waals surface area contributed by atoms with Gasteiger partial charge in [-0.2, -0.15) is 0 Å². The third-order valence-corrected chi connectivity index (χ3v) is 3.34. The molecule has 4 N–H and O–H groups in total. The summed E-state index contributed by atoms with van der Waals surface area (Å²) in [6.07, 6.45) is 0.854. The molecule has 0 unspecified atom stereocenters. The van der Waals surface area contributed by atoms with Crippen LogP contribution in [0.25, 0.3) is 0 Å². The molecule has 0 saturated heterocycles. The summed E-state index contributed by atoms with van der Waals surface area (Å²) in [6, 6.07) is 10.9. The number of anilines is 2. The Bertz CT molecular complexity index is 493. The number of urea groups is 1. The Morgan fingerprint density at radius 1 is 1.22 bits per heavy atom. The second kappa shape index (κ2) is 6.07. The average Bonchev–Trinajstić information content (AvgIpc) is 2.85. The lowest BCUT2D eigenvalue weighted by molar-refractivity contribution is 0.252. The largest absolute Gasteiger partial charge is 0.399 e. The van der Waals surface area contributed by atoms with Gasteiger partial charge in [0.15, 0.2) is 0 Å². The van der Waals surface area contributed by atoms with Crippen LogP contribution >= 0.6 is 11.3 Å². The van der Waals surface area contributed by atoms with E-state index in [1.807, 2.05) is 11.4 Å². The van der Waals surface area contributed by atoms with E-state index in [0.717, 1.165) is 12.1 Å². The monoisotopic (exact) mass is 261 g/mol. The SMILES string of the molecule is Nc1ccc(NC(=O)NCCc2cccs2)cc1. The highest BCUT2D eigenvalue weighted by molar-refractivity contribution is 7.09. The number of hydrogen-bond donors (Lipinski definition) is 3. The first-order valence-electron chi connectivity index (χ1n) is 5.67. The molecule has 2 aromatic rings. The van der Waals surface area contributed by atoms with E-state index >= 15 is 0 Å². The fourth-order valence-corrected chi connectivity index (χ4v) is 2.20. The first-order valence-corrected chi connectivity index (χ1v) is 6.55. The molecule has 0 atom stereocenters. The third-order valence-electron chi connectivity index (χ3n) is 2.41. The fraction of sp³-hybridized carbons (Fsp3) is 0.154. The van der Waals surface area contributed by atoms with E-state index in [0.29, 0.717) is 12.2 Å². The van der Waals surface area contributed by atoms with Gasteiger partial charge in [0.1, 0.15) is 0 Å². The lowest BCUT2D eigenvalue weighted by atomic mass is 10.3. The molecule has 0 fully saturated rings. The van der Waals surface area contributed by atoms with Crippen LogP contribution in [0.3, 0.4) is 0 Å². The maximum atomic E-state index is 11.6. The van der Waals surface area contributed by atoms with E-state index in [9.17, 15) is 4.79 Å². The van der Waals surface area contributed by atoms with Crippen LogP contribution in [0.4, 0.5) is 16.2 Å². The highest BCUT2D eigenvalue weighted by Gasteiger charge is 2.01. The van der Waals surface area contributed by atoms with Crippen LogP contribution in [0.15, 0.2) is 41.8 Å². The van der Waals surface area contributed by atoms with Gasteiger partial charge in [-0.25, -0.2) is 4.79 Å². The molecule has 18 heavy (non-hydrogen) atoms. The van der Waals surface area contributed by atoms with Crippen molar-refractivity contribution in [2.24, 2.45) is 0 Å². The Morgan fingerprint density at radius 2 is 2.00 bits per heavy atom. The highest BCUT2D eigenvalue weighted by Crippen LogP contribution is 2.10. The molecule has 0 radical (unpaired) electrons. The van der Waals surface area contributed by atoms with Gasteiger partial charge in [-0.05, 0) is 42.1 Å². The lowest BCUT2D eigenvalue weighted by Crippen LogP contribution is -2.30. The summed E-state index contributed by atoms with van der Waals surface area (Å²) < 4.78 is 0. The number of rotatable bonds is 4. The van der Waals surface area contributed by atoms with Gasteiger partial charge in [-0.1, -0.05) is 6.07 Å². The molecule has 0 saturated carbocycles. The molecule has 94 valence electrons. The van der Waals surface area contributed by atoms with Crippen molar-refractivity contribution < 1.29 is 4.79 Å². The van der Waals surface area contributed by atoms with Gasteiger partial charge in [0.2, 0.25) is 0 Å². The molecule has 0 aliphatic rings. The first kappa shape index (κ1) is 12.4. The molecule has 5 heteroatoms. The molecule has 0 bridgehead atoms. The van der Waals surface area contributed by atoms with Crippen LogP contribution in [-0.2, 0) is 6.42 Å². The summed E-state index contributed by atoms with van der Waals surface area (Å²) >= 11 is 1.69. The maximum absolute atomic E-state index is 11.6. The second-order valence-electron chi connectivity index (χ2n) is 3.83. The molecule has 4 nitrogen and oxygen atoms in total. The Hall–Kier alpha value is -2.01. The van der Waals surface area contributed by atoms with Gasteiger partial charge in [0.25, 0.3) is 0 Å². The van der Waals surface area contributed by atoms with Crippen molar-refractivity contribution in [3.63, 3.8) is 0 Å².